The van der Waals surface area contributed by atoms with Gasteiger partial charge in [-0.2, -0.15) is 0 Å². The molecular formula is C15H28N2S. The third kappa shape index (κ3) is 3.43. The molecular weight excluding hydrogens is 240 g/mol. The summed E-state index contributed by atoms with van der Waals surface area (Å²) >= 11 is 2.00. The van der Waals surface area contributed by atoms with Crippen molar-refractivity contribution in [3.05, 3.63) is 0 Å². The van der Waals surface area contributed by atoms with E-state index in [2.05, 4.69) is 26.1 Å². The first-order valence-electron chi connectivity index (χ1n) is 7.66. The maximum absolute atomic E-state index is 4.74. The van der Waals surface area contributed by atoms with E-state index in [4.69, 9.17) is 4.99 Å². The number of hydrogen-bond acceptors (Lipinski definition) is 3. The van der Waals surface area contributed by atoms with E-state index in [0.29, 0.717) is 5.54 Å². The number of aliphatic imine (C=N–C) groups is 1. The minimum atomic E-state index is 0.312. The van der Waals surface area contributed by atoms with E-state index in [1.165, 1.54) is 50.1 Å². The van der Waals surface area contributed by atoms with Crippen LogP contribution in [0.3, 0.4) is 0 Å². The molecule has 1 N–H and O–H groups in total. The van der Waals surface area contributed by atoms with Gasteiger partial charge in [-0.05, 0) is 25.7 Å². The van der Waals surface area contributed by atoms with Crippen molar-refractivity contribution in [2.75, 3.05) is 6.54 Å². The molecule has 0 aromatic carbocycles. The first-order valence-corrected chi connectivity index (χ1v) is 8.54. The number of nitrogens with zero attached hydrogens (tertiary/aromatic N) is 1. The average molecular weight is 268 g/mol. The quantitative estimate of drug-likeness (QED) is 0.826. The highest BCUT2D eigenvalue weighted by Gasteiger charge is 2.32. The molecule has 2 aliphatic rings. The fraction of sp³-hybridized carbons (Fsp3) is 0.933. The van der Waals surface area contributed by atoms with E-state index in [1.807, 2.05) is 11.8 Å². The van der Waals surface area contributed by atoms with Gasteiger partial charge in [0.1, 0.15) is 0 Å². The number of rotatable bonds is 4. The van der Waals surface area contributed by atoms with Gasteiger partial charge in [-0.15, -0.1) is 0 Å². The van der Waals surface area contributed by atoms with E-state index >= 15 is 0 Å². The lowest BCUT2D eigenvalue weighted by Crippen LogP contribution is -2.46. The van der Waals surface area contributed by atoms with Gasteiger partial charge in [0.05, 0.1) is 6.54 Å². The van der Waals surface area contributed by atoms with Crippen LogP contribution in [0.1, 0.15) is 65.7 Å². The summed E-state index contributed by atoms with van der Waals surface area (Å²) in [5.41, 5.74) is 0.312. The van der Waals surface area contributed by atoms with Crippen molar-refractivity contribution in [3.63, 3.8) is 0 Å². The summed E-state index contributed by atoms with van der Waals surface area (Å²) in [6, 6.07) is 0. The summed E-state index contributed by atoms with van der Waals surface area (Å²) in [4.78, 5) is 4.74. The smallest absolute Gasteiger partial charge is 0.157 e. The Labute approximate surface area is 116 Å². The zero-order valence-electron chi connectivity index (χ0n) is 12.2. The molecule has 3 heteroatoms. The van der Waals surface area contributed by atoms with E-state index < -0.39 is 0 Å². The van der Waals surface area contributed by atoms with Crippen molar-refractivity contribution >= 4 is 16.9 Å². The number of amidine groups is 1. The van der Waals surface area contributed by atoms with Gasteiger partial charge >= 0.3 is 0 Å². The minimum Gasteiger partial charge on any atom is -0.360 e. The predicted molar refractivity (Wildman–Crippen MR) is 82.4 cm³/mol. The lowest BCUT2D eigenvalue weighted by atomic mass is 9.83. The van der Waals surface area contributed by atoms with Crippen LogP contribution in [0.25, 0.3) is 0 Å². The highest BCUT2D eigenvalue weighted by molar-refractivity contribution is 8.14. The van der Waals surface area contributed by atoms with Gasteiger partial charge in [-0.1, -0.05) is 57.7 Å². The van der Waals surface area contributed by atoms with Gasteiger partial charge in [-0.25, -0.2) is 0 Å². The summed E-state index contributed by atoms with van der Waals surface area (Å²) in [6.45, 7) is 8.01. The molecule has 1 fully saturated rings. The SMILES string of the molecule is CCC(CC)C1CN=C(NC2(C)CCCCC2)S1. The summed E-state index contributed by atoms with van der Waals surface area (Å²) in [5, 5.41) is 5.68. The molecule has 0 spiro atoms. The van der Waals surface area contributed by atoms with Crippen LogP contribution in [0.5, 0.6) is 0 Å². The molecule has 1 heterocycles. The van der Waals surface area contributed by atoms with Gasteiger partial charge < -0.3 is 5.32 Å². The van der Waals surface area contributed by atoms with Crippen molar-refractivity contribution in [1.29, 1.82) is 0 Å². The molecule has 1 aliphatic carbocycles. The Hall–Kier alpha value is -0.180. The third-order valence-electron chi connectivity index (χ3n) is 4.62. The fourth-order valence-corrected chi connectivity index (χ4v) is 4.70. The minimum absolute atomic E-state index is 0.312. The molecule has 1 aliphatic heterocycles. The normalized spacial score (nSPS) is 27.3. The maximum atomic E-state index is 4.74. The molecule has 1 atom stereocenters. The van der Waals surface area contributed by atoms with E-state index in [1.54, 1.807) is 0 Å². The first kappa shape index (κ1) is 14.2. The van der Waals surface area contributed by atoms with Crippen LogP contribution in [0, 0.1) is 5.92 Å². The van der Waals surface area contributed by atoms with Gasteiger partial charge in [0, 0.05) is 10.8 Å². The number of hydrogen-bond donors (Lipinski definition) is 1. The van der Waals surface area contributed by atoms with Crippen molar-refractivity contribution in [1.82, 2.24) is 5.32 Å². The summed E-state index contributed by atoms with van der Waals surface area (Å²) in [6.07, 6.45) is 9.34. The van der Waals surface area contributed by atoms with Crippen LogP contribution in [-0.4, -0.2) is 22.5 Å². The molecule has 1 saturated carbocycles. The molecule has 18 heavy (non-hydrogen) atoms. The Kier molecular flexibility index (Phi) is 4.99. The molecule has 0 aromatic heterocycles. The van der Waals surface area contributed by atoms with E-state index in [9.17, 15) is 0 Å². The van der Waals surface area contributed by atoms with Crippen LogP contribution in [0.4, 0.5) is 0 Å². The third-order valence-corrected chi connectivity index (χ3v) is 5.91. The Bertz CT molecular complexity index is 291. The standard InChI is InChI=1S/C15H28N2S/c1-4-12(5-2)13-11-16-14(18-13)17-15(3)9-7-6-8-10-15/h12-13H,4-11H2,1-3H3,(H,16,17). The monoisotopic (exact) mass is 268 g/mol. The molecule has 0 amide bonds. The van der Waals surface area contributed by atoms with Crippen LogP contribution >= 0.6 is 11.8 Å². The predicted octanol–water partition coefficient (Wildman–Crippen LogP) is 4.21. The lowest BCUT2D eigenvalue weighted by Gasteiger charge is -2.35. The van der Waals surface area contributed by atoms with Crippen LogP contribution in [-0.2, 0) is 0 Å². The molecule has 0 saturated heterocycles. The van der Waals surface area contributed by atoms with E-state index in [0.717, 1.165) is 17.7 Å². The number of nitrogens with one attached hydrogen (secondary N) is 1. The summed E-state index contributed by atoms with van der Waals surface area (Å²) in [7, 11) is 0. The second kappa shape index (κ2) is 6.31. The van der Waals surface area contributed by atoms with Gasteiger partial charge in [0.25, 0.3) is 0 Å². The van der Waals surface area contributed by atoms with Crippen molar-refractivity contribution < 1.29 is 0 Å². The van der Waals surface area contributed by atoms with E-state index in [-0.39, 0.29) is 0 Å². The second-order valence-corrected chi connectivity index (χ2v) is 7.35. The number of thioether (sulfide) groups is 1. The average Bonchev–Trinajstić information content (AvgIpc) is 2.79. The molecule has 0 aromatic rings. The molecule has 2 rings (SSSR count). The molecule has 0 bridgehead atoms. The second-order valence-electron chi connectivity index (χ2n) is 6.13. The molecule has 0 radical (unpaired) electrons. The zero-order valence-corrected chi connectivity index (χ0v) is 13.0. The van der Waals surface area contributed by atoms with Gasteiger partial charge in [0.2, 0.25) is 0 Å². The Morgan fingerprint density at radius 2 is 1.94 bits per heavy atom. The highest BCUT2D eigenvalue weighted by Crippen LogP contribution is 2.33. The Morgan fingerprint density at radius 3 is 2.56 bits per heavy atom. The first-order chi connectivity index (χ1) is 8.67. The maximum Gasteiger partial charge on any atom is 0.157 e. The van der Waals surface area contributed by atoms with Crippen molar-refractivity contribution in [3.8, 4) is 0 Å². The molecule has 2 nitrogen and oxygen atoms in total. The van der Waals surface area contributed by atoms with Crippen LogP contribution in [0.15, 0.2) is 4.99 Å². The molecule has 1 unspecified atom stereocenters. The van der Waals surface area contributed by atoms with Gasteiger partial charge in [-0.3, -0.25) is 4.99 Å². The Morgan fingerprint density at radius 1 is 1.28 bits per heavy atom. The summed E-state index contributed by atoms with van der Waals surface area (Å²) in [5.74, 6) is 0.831. The lowest BCUT2D eigenvalue weighted by molar-refractivity contribution is 0.292. The summed E-state index contributed by atoms with van der Waals surface area (Å²) < 4.78 is 0. The van der Waals surface area contributed by atoms with Gasteiger partial charge in [0.15, 0.2) is 5.17 Å². The highest BCUT2D eigenvalue weighted by atomic mass is 32.2. The van der Waals surface area contributed by atoms with Crippen LogP contribution < -0.4 is 5.32 Å². The fourth-order valence-electron chi connectivity index (χ4n) is 3.23. The Balaban J connectivity index is 1.85. The molecule has 104 valence electrons. The topological polar surface area (TPSA) is 24.4 Å². The van der Waals surface area contributed by atoms with Crippen LogP contribution in [0.2, 0.25) is 0 Å². The van der Waals surface area contributed by atoms with Crippen molar-refractivity contribution in [2.45, 2.75) is 76.5 Å². The van der Waals surface area contributed by atoms with Crippen molar-refractivity contribution in [2.24, 2.45) is 10.9 Å². The largest absolute Gasteiger partial charge is 0.360 e. The zero-order chi connectivity index (χ0) is 13.0.